The summed E-state index contributed by atoms with van der Waals surface area (Å²) in [5.41, 5.74) is 0. The maximum absolute atomic E-state index is 12.5. The van der Waals surface area contributed by atoms with Gasteiger partial charge in [0.05, 0.1) is 27.7 Å². The van der Waals surface area contributed by atoms with Crippen LogP contribution in [0, 0.1) is 0 Å². The van der Waals surface area contributed by atoms with Crippen molar-refractivity contribution in [2.45, 2.75) is 123 Å². The molecule has 0 fully saturated rings. The van der Waals surface area contributed by atoms with E-state index in [0.717, 1.165) is 51.4 Å². The number of ether oxygens (including phenoxy) is 2. The molecule has 0 aliphatic rings. The van der Waals surface area contributed by atoms with Gasteiger partial charge in [-0.05, 0) is 51.4 Å². The van der Waals surface area contributed by atoms with E-state index in [9.17, 15) is 19.0 Å². The third-order valence-corrected chi connectivity index (χ3v) is 7.86. The van der Waals surface area contributed by atoms with Crippen molar-refractivity contribution in [2.75, 3.05) is 47.5 Å². The van der Waals surface area contributed by atoms with Crippen LogP contribution in [-0.4, -0.2) is 70.0 Å². The predicted octanol–water partition coefficient (Wildman–Crippen LogP) is 8.16. The number of nitrogens with zero attached hydrogens (tertiary/aromatic N) is 1. The van der Waals surface area contributed by atoms with Crippen LogP contribution in [0.25, 0.3) is 0 Å². The molecule has 266 valence electrons. The molecule has 10 heteroatoms. The Morgan fingerprint density at radius 3 is 1.96 bits per heavy atom. The number of carbonyl (C=O) groups is 2. The fourth-order valence-corrected chi connectivity index (χ4v) is 4.85. The van der Waals surface area contributed by atoms with Gasteiger partial charge in [0.15, 0.2) is 6.10 Å². The lowest BCUT2D eigenvalue weighted by molar-refractivity contribution is -0.870. The molecular weight excluding hydrogens is 605 g/mol. The lowest BCUT2D eigenvalue weighted by Crippen LogP contribution is -2.37. The Morgan fingerprint density at radius 2 is 1.28 bits per heavy atom. The molecule has 0 N–H and O–H groups in total. The molecule has 0 spiro atoms. The molecule has 0 rings (SSSR count). The van der Waals surface area contributed by atoms with Gasteiger partial charge in [-0.2, -0.15) is 0 Å². The first-order valence-corrected chi connectivity index (χ1v) is 18.8. The fourth-order valence-electron chi connectivity index (χ4n) is 4.13. The van der Waals surface area contributed by atoms with E-state index in [1.165, 1.54) is 25.7 Å². The number of rotatable bonds is 30. The van der Waals surface area contributed by atoms with Gasteiger partial charge in [0, 0.05) is 12.8 Å². The molecule has 0 aliphatic heterocycles. The first-order chi connectivity index (χ1) is 22.0. The predicted molar refractivity (Wildman–Crippen MR) is 185 cm³/mol. The maximum atomic E-state index is 12.5. The van der Waals surface area contributed by atoms with Crippen molar-refractivity contribution in [1.29, 1.82) is 0 Å². The molecule has 2 atom stereocenters. The van der Waals surface area contributed by atoms with Crippen molar-refractivity contribution in [2.24, 2.45) is 0 Å². The minimum Gasteiger partial charge on any atom is -0.756 e. The third-order valence-electron chi connectivity index (χ3n) is 6.89. The van der Waals surface area contributed by atoms with E-state index in [-0.39, 0.29) is 26.1 Å². The number of carbonyl (C=O) groups excluding carboxylic acids is 2. The Bertz CT molecular complexity index is 939. The number of unbranched alkanes of at least 4 members (excludes halogenated alkanes) is 10. The van der Waals surface area contributed by atoms with Crippen LogP contribution in [0.3, 0.4) is 0 Å². The molecule has 0 radical (unpaired) electrons. The van der Waals surface area contributed by atoms with Crippen LogP contribution in [0.1, 0.15) is 117 Å². The Morgan fingerprint density at radius 1 is 0.696 bits per heavy atom. The molecule has 0 saturated carbocycles. The molecule has 0 saturated heterocycles. The van der Waals surface area contributed by atoms with Crippen molar-refractivity contribution >= 4 is 19.8 Å². The van der Waals surface area contributed by atoms with Gasteiger partial charge in [-0.25, -0.2) is 0 Å². The number of hydrogen-bond acceptors (Lipinski definition) is 8. The van der Waals surface area contributed by atoms with E-state index >= 15 is 0 Å². The highest BCUT2D eigenvalue weighted by Crippen LogP contribution is 2.38. The highest BCUT2D eigenvalue weighted by Gasteiger charge is 2.21. The minimum absolute atomic E-state index is 0.0408. The van der Waals surface area contributed by atoms with Crippen LogP contribution in [-0.2, 0) is 32.7 Å². The summed E-state index contributed by atoms with van der Waals surface area (Å²) >= 11 is 0. The first kappa shape index (κ1) is 44.0. The molecule has 0 aliphatic carbocycles. The summed E-state index contributed by atoms with van der Waals surface area (Å²) in [6, 6.07) is 0. The van der Waals surface area contributed by atoms with Crippen LogP contribution in [0.2, 0.25) is 0 Å². The van der Waals surface area contributed by atoms with Crippen molar-refractivity contribution < 1.29 is 42.1 Å². The minimum atomic E-state index is -4.62. The zero-order valence-electron chi connectivity index (χ0n) is 29.5. The van der Waals surface area contributed by atoms with Crippen LogP contribution in [0.15, 0.2) is 48.6 Å². The number of phosphoric ester groups is 1. The molecule has 0 bridgehead atoms. The number of esters is 2. The van der Waals surface area contributed by atoms with Crippen LogP contribution >= 0.6 is 7.82 Å². The summed E-state index contributed by atoms with van der Waals surface area (Å²) < 4.78 is 33.5. The Kier molecular flexibility index (Phi) is 27.8. The smallest absolute Gasteiger partial charge is 0.306 e. The normalized spacial score (nSPS) is 14.5. The van der Waals surface area contributed by atoms with Crippen molar-refractivity contribution in [3.63, 3.8) is 0 Å². The highest BCUT2D eigenvalue weighted by molar-refractivity contribution is 7.45. The molecule has 9 nitrogen and oxygen atoms in total. The first-order valence-electron chi connectivity index (χ1n) is 17.4. The van der Waals surface area contributed by atoms with E-state index in [0.29, 0.717) is 23.9 Å². The Hall–Kier alpha value is -2.03. The molecule has 0 aromatic heterocycles. The molecule has 0 aromatic carbocycles. The van der Waals surface area contributed by atoms with Gasteiger partial charge in [-0.1, -0.05) is 101 Å². The second kappa shape index (κ2) is 29.1. The highest BCUT2D eigenvalue weighted by atomic mass is 31.2. The van der Waals surface area contributed by atoms with Gasteiger partial charge in [0.2, 0.25) is 0 Å². The van der Waals surface area contributed by atoms with E-state index < -0.39 is 32.5 Å². The van der Waals surface area contributed by atoms with Gasteiger partial charge in [0.1, 0.15) is 19.8 Å². The third kappa shape index (κ3) is 31.9. The van der Waals surface area contributed by atoms with E-state index in [1.807, 2.05) is 39.4 Å². The average Bonchev–Trinajstić information content (AvgIpc) is 2.99. The summed E-state index contributed by atoms with van der Waals surface area (Å²) in [7, 11) is 1.13. The standard InChI is InChI=1S/C36H64NO8P/c1-6-8-10-12-14-16-17-18-19-21-23-25-27-29-36(39)45-34(33-44-46(40,41)43-31-30-37(3,4)5)32-42-35(38)28-26-24-22-20-15-13-11-9-7-2/h8,10,12,14,16-17,20,22,34H,6-7,9,11,13,15,18-19,21,23-33H2,1-5H3/b10-8+,14-12+,17-16+,22-20+. The molecule has 2 unspecified atom stereocenters. The number of hydrogen-bond donors (Lipinski definition) is 0. The van der Waals surface area contributed by atoms with Crippen LogP contribution < -0.4 is 4.89 Å². The maximum Gasteiger partial charge on any atom is 0.306 e. The molecule has 0 amide bonds. The molecule has 46 heavy (non-hydrogen) atoms. The molecular formula is C36H64NO8P. The van der Waals surface area contributed by atoms with Crippen molar-refractivity contribution in [3.8, 4) is 0 Å². The second-order valence-corrected chi connectivity index (χ2v) is 14.0. The van der Waals surface area contributed by atoms with Crippen LogP contribution in [0.4, 0.5) is 0 Å². The van der Waals surface area contributed by atoms with Gasteiger partial charge in [0.25, 0.3) is 7.82 Å². The largest absolute Gasteiger partial charge is 0.756 e. The van der Waals surface area contributed by atoms with Gasteiger partial charge in [-0.3, -0.25) is 14.2 Å². The summed E-state index contributed by atoms with van der Waals surface area (Å²) in [6.07, 6.45) is 30.2. The van der Waals surface area contributed by atoms with Crippen molar-refractivity contribution in [3.05, 3.63) is 48.6 Å². The quantitative estimate of drug-likeness (QED) is 0.0188. The monoisotopic (exact) mass is 669 g/mol. The second-order valence-electron chi connectivity index (χ2n) is 12.6. The number of quaternary nitrogens is 1. The van der Waals surface area contributed by atoms with Gasteiger partial charge >= 0.3 is 11.9 Å². The zero-order valence-corrected chi connectivity index (χ0v) is 30.4. The van der Waals surface area contributed by atoms with Gasteiger partial charge in [-0.15, -0.1) is 0 Å². The number of phosphoric acid groups is 1. The summed E-state index contributed by atoms with van der Waals surface area (Å²) in [4.78, 5) is 37.1. The lowest BCUT2D eigenvalue weighted by atomic mass is 10.1. The fraction of sp³-hybridized carbons (Fsp3) is 0.722. The number of allylic oxidation sites excluding steroid dienone is 8. The van der Waals surface area contributed by atoms with E-state index in [4.69, 9.17) is 18.5 Å². The zero-order chi connectivity index (χ0) is 34.4. The Balaban J connectivity index is 4.57. The Labute approximate surface area is 280 Å². The summed E-state index contributed by atoms with van der Waals surface area (Å²) in [6.45, 7) is 3.95. The number of likely N-dealkylation sites (N-methyl/N-ethyl adjacent to an activating group) is 1. The SMILES string of the molecule is CC/C=C/C=C/C=C/CCCCCCCC(=O)OC(COC(=O)CCC/C=C/CCCCCC)COP(=O)([O-])OCC[N+](C)(C)C. The molecule has 0 heterocycles. The average molecular weight is 670 g/mol. The topological polar surface area (TPSA) is 111 Å². The van der Waals surface area contributed by atoms with E-state index in [2.05, 4.69) is 44.2 Å². The van der Waals surface area contributed by atoms with Crippen molar-refractivity contribution in [1.82, 2.24) is 0 Å². The summed E-state index contributed by atoms with van der Waals surface area (Å²) in [5.74, 6) is -0.909. The van der Waals surface area contributed by atoms with E-state index in [1.54, 1.807) is 0 Å². The van der Waals surface area contributed by atoms with Gasteiger partial charge < -0.3 is 27.9 Å². The van der Waals surface area contributed by atoms with Crippen LogP contribution in [0.5, 0.6) is 0 Å². The summed E-state index contributed by atoms with van der Waals surface area (Å²) in [5, 5.41) is 0. The molecule has 0 aromatic rings. The lowest BCUT2D eigenvalue weighted by Gasteiger charge is -2.28.